The van der Waals surface area contributed by atoms with E-state index >= 15 is 0 Å². The third kappa shape index (κ3) is 2.34. The molecular weight excluding hydrogens is 168 g/mol. The molecule has 0 aliphatic rings. The fourth-order valence-electron chi connectivity index (χ4n) is 1.02. The summed E-state index contributed by atoms with van der Waals surface area (Å²) in [5.41, 5.74) is 1.11. The van der Waals surface area contributed by atoms with E-state index in [1.54, 1.807) is 19.2 Å². The molecule has 1 aromatic rings. The Morgan fingerprint density at radius 1 is 1.77 bits per heavy atom. The van der Waals surface area contributed by atoms with Crippen molar-refractivity contribution in [2.75, 3.05) is 6.61 Å². The first-order valence-corrected chi connectivity index (χ1v) is 4.00. The smallest absolute Gasteiger partial charge is 0.310 e. The minimum Gasteiger partial charge on any atom is -0.466 e. The number of esters is 1. The third-order valence-electron chi connectivity index (χ3n) is 1.59. The van der Waals surface area contributed by atoms with Crippen LogP contribution >= 0.6 is 0 Å². The predicted octanol–water partition coefficient (Wildman–Crippen LogP) is 0.992. The van der Waals surface area contributed by atoms with Crippen LogP contribution < -0.4 is 0 Å². The maximum atomic E-state index is 11.0. The molecule has 0 unspecified atom stereocenters. The summed E-state index contributed by atoms with van der Waals surface area (Å²) in [4.78, 5) is 13.8. The molecule has 0 aliphatic carbocycles. The second kappa shape index (κ2) is 4.31. The van der Waals surface area contributed by atoms with Gasteiger partial charge in [-0.25, -0.2) is 0 Å². The van der Waals surface area contributed by atoms with Crippen LogP contribution in [0.3, 0.4) is 0 Å². The van der Waals surface area contributed by atoms with E-state index in [0.717, 1.165) is 0 Å². The highest BCUT2D eigenvalue weighted by atomic mass is 16.5. The SMILES string of the molecule is CCOC(=O)Cc1cc[nH]c1C#N. The van der Waals surface area contributed by atoms with Gasteiger partial charge in [0.2, 0.25) is 0 Å². The van der Waals surface area contributed by atoms with Gasteiger partial charge in [0, 0.05) is 6.20 Å². The van der Waals surface area contributed by atoms with Crippen molar-refractivity contribution in [3.05, 3.63) is 23.5 Å². The lowest BCUT2D eigenvalue weighted by atomic mass is 10.2. The summed E-state index contributed by atoms with van der Waals surface area (Å²) in [5, 5.41) is 8.62. The topological polar surface area (TPSA) is 65.9 Å². The molecular formula is C9H10N2O2. The molecule has 1 rings (SSSR count). The highest BCUT2D eigenvalue weighted by Crippen LogP contribution is 2.06. The lowest BCUT2D eigenvalue weighted by molar-refractivity contribution is -0.142. The summed E-state index contributed by atoms with van der Waals surface area (Å²) in [6.07, 6.45) is 1.79. The molecule has 68 valence electrons. The highest BCUT2D eigenvalue weighted by molar-refractivity contribution is 5.73. The van der Waals surface area contributed by atoms with Gasteiger partial charge in [-0.05, 0) is 18.6 Å². The third-order valence-corrected chi connectivity index (χ3v) is 1.59. The zero-order valence-electron chi connectivity index (χ0n) is 7.33. The monoisotopic (exact) mass is 178 g/mol. The molecule has 4 heteroatoms. The molecule has 13 heavy (non-hydrogen) atoms. The van der Waals surface area contributed by atoms with E-state index in [0.29, 0.717) is 17.9 Å². The van der Waals surface area contributed by atoms with Crippen molar-refractivity contribution in [1.82, 2.24) is 4.98 Å². The molecule has 0 aromatic carbocycles. The van der Waals surface area contributed by atoms with Crippen molar-refractivity contribution in [2.24, 2.45) is 0 Å². The number of hydrogen-bond acceptors (Lipinski definition) is 3. The van der Waals surface area contributed by atoms with Crippen molar-refractivity contribution in [3.63, 3.8) is 0 Å². The zero-order chi connectivity index (χ0) is 9.68. The van der Waals surface area contributed by atoms with E-state index in [4.69, 9.17) is 10.00 Å². The summed E-state index contributed by atoms with van der Waals surface area (Å²) >= 11 is 0. The molecule has 0 fully saturated rings. The lowest BCUT2D eigenvalue weighted by Gasteiger charge is -1.99. The number of ether oxygens (including phenoxy) is 1. The number of carbonyl (C=O) groups excluding carboxylic acids is 1. The van der Waals surface area contributed by atoms with Crippen molar-refractivity contribution in [2.45, 2.75) is 13.3 Å². The van der Waals surface area contributed by atoms with Gasteiger partial charge >= 0.3 is 5.97 Å². The molecule has 0 amide bonds. The van der Waals surface area contributed by atoms with Crippen molar-refractivity contribution in [1.29, 1.82) is 5.26 Å². The van der Waals surface area contributed by atoms with Crippen LogP contribution in [0.15, 0.2) is 12.3 Å². The second-order valence-corrected chi connectivity index (χ2v) is 2.47. The Kier molecular flexibility index (Phi) is 3.09. The maximum absolute atomic E-state index is 11.0. The van der Waals surface area contributed by atoms with Gasteiger partial charge in [-0.15, -0.1) is 0 Å². The number of aromatic nitrogens is 1. The Hall–Kier alpha value is -1.76. The van der Waals surface area contributed by atoms with E-state index < -0.39 is 0 Å². The van der Waals surface area contributed by atoms with E-state index in [-0.39, 0.29) is 12.4 Å². The first kappa shape index (κ1) is 9.33. The summed E-state index contributed by atoms with van der Waals surface area (Å²) in [6.45, 7) is 2.12. The molecule has 0 saturated carbocycles. The number of H-pyrrole nitrogens is 1. The van der Waals surface area contributed by atoms with Gasteiger partial charge in [0.1, 0.15) is 11.8 Å². The Labute approximate surface area is 76.1 Å². The minimum absolute atomic E-state index is 0.153. The van der Waals surface area contributed by atoms with Crippen LogP contribution in [0.2, 0.25) is 0 Å². The van der Waals surface area contributed by atoms with Crippen molar-refractivity contribution < 1.29 is 9.53 Å². The van der Waals surface area contributed by atoms with Gasteiger partial charge in [-0.2, -0.15) is 5.26 Å². The van der Waals surface area contributed by atoms with E-state index in [9.17, 15) is 4.79 Å². The molecule has 0 aliphatic heterocycles. The molecule has 0 radical (unpaired) electrons. The van der Waals surface area contributed by atoms with Crippen LogP contribution in [0.4, 0.5) is 0 Å². The molecule has 0 bridgehead atoms. The normalized spacial score (nSPS) is 9.23. The van der Waals surface area contributed by atoms with Gasteiger partial charge in [-0.1, -0.05) is 0 Å². The van der Waals surface area contributed by atoms with Gasteiger partial charge in [0.05, 0.1) is 13.0 Å². The lowest BCUT2D eigenvalue weighted by Crippen LogP contribution is -2.07. The molecule has 1 heterocycles. The van der Waals surface area contributed by atoms with E-state index in [1.807, 2.05) is 6.07 Å². The average Bonchev–Trinajstić information content (AvgIpc) is 2.52. The Morgan fingerprint density at radius 3 is 3.15 bits per heavy atom. The van der Waals surface area contributed by atoms with Crippen molar-refractivity contribution in [3.8, 4) is 6.07 Å². The largest absolute Gasteiger partial charge is 0.466 e. The molecule has 1 N–H and O–H groups in total. The number of nitrogens with one attached hydrogen (secondary N) is 1. The summed E-state index contributed by atoms with van der Waals surface area (Å²) < 4.78 is 4.75. The minimum atomic E-state index is -0.307. The standard InChI is InChI=1S/C9H10N2O2/c1-2-13-9(12)5-7-3-4-11-8(7)6-10/h3-4,11H,2,5H2,1H3. The fourth-order valence-corrected chi connectivity index (χ4v) is 1.02. The van der Waals surface area contributed by atoms with Crippen LogP contribution in [-0.2, 0) is 16.0 Å². The number of nitriles is 1. The first-order chi connectivity index (χ1) is 6.27. The van der Waals surface area contributed by atoms with Crippen LogP contribution in [0.5, 0.6) is 0 Å². The van der Waals surface area contributed by atoms with Gasteiger partial charge < -0.3 is 9.72 Å². The van der Waals surface area contributed by atoms with Crippen molar-refractivity contribution >= 4 is 5.97 Å². The molecule has 0 spiro atoms. The van der Waals surface area contributed by atoms with E-state index in [2.05, 4.69) is 4.98 Å². The number of nitrogens with zero attached hydrogens (tertiary/aromatic N) is 1. The molecule has 0 saturated heterocycles. The summed E-state index contributed by atoms with van der Waals surface area (Å²) in [5.74, 6) is -0.307. The second-order valence-electron chi connectivity index (χ2n) is 2.47. The van der Waals surface area contributed by atoms with Gasteiger partial charge in [0.15, 0.2) is 0 Å². The van der Waals surface area contributed by atoms with E-state index in [1.165, 1.54) is 0 Å². The Bertz CT molecular complexity index is 336. The summed E-state index contributed by atoms with van der Waals surface area (Å²) in [6, 6.07) is 3.66. The summed E-state index contributed by atoms with van der Waals surface area (Å²) in [7, 11) is 0. The number of carbonyl (C=O) groups is 1. The number of hydrogen-bond donors (Lipinski definition) is 1. The Morgan fingerprint density at radius 2 is 2.54 bits per heavy atom. The Balaban J connectivity index is 2.64. The van der Waals surface area contributed by atoms with Gasteiger partial charge in [0.25, 0.3) is 0 Å². The molecule has 4 nitrogen and oxygen atoms in total. The molecule has 1 aromatic heterocycles. The fraction of sp³-hybridized carbons (Fsp3) is 0.333. The average molecular weight is 178 g/mol. The van der Waals surface area contributed by atoms with Gasteiger partial charge in [-0.3, -0.25) is 4.79 Å². The predicted molar refractivity (Wildman–Crippen MR) is 45.8 cm³/mol. The van der Waals surface area contributed by atoms with Crippen LogP contribution in [-0.4, -0.2) is 17.6 Å². The number of rotatable bonds is 3. The van der Waals surface area contributed by atoms with Crippen LogP contribution in [0.1, 0.15) is 18.2 Å². The zero-order valence-corrected chi connectivity index (χ0v) is 7.33. The highest BCUT2D eigenvalue weighted by Gasteiger charge is 2.08. The molecule has 0 atom stereocenters. The van der Waals surface area contributed by atoms with Crippen LogP contribution in [0.25, 0.3) is 0 Å². The first-order valence-electron chi connectivity index (χ1n) is 4.00. The maximum Gasteiger partial charge on any atom is 0.310 e. The number of aromatic amines is 1. The quantitative estimate of drug-likeness (QED) is 0.702. The van der Waals surface area contributed by atoms with Crippen LogP contribution in [0, 0.1) is 11.3 Å².